The Hall–Kier alpha value is -2.93. The zero-order valence-corrected chi connectivity index (χ0v) is 17.2. The van der Waals surface area contributed by atoms with Crippen molar-refractivity contribution in [2.75, 3.05) is 18.6 Å². The van der Waals surface area contributed by atoms with Gasteiger partial charge in [0, 0.05) is 23.3 Å². The van der Waals surface area contributed by atoms with Gasteiger partial charge < -0.3 is 14.6 Å². The Morgan fingerprint density at radius 1 is 1.07 bits per heavy atom. The molecular formula is C20H18F4N3O2P. The zero-order valence-electron chi connectivity index (χ0n) is 16.3. The van der Waals surface area contributed by atoms with Crippen LogP contribution in [0.25, 0.3) is 0 Å². The average Bonchev–Trinajstić information content (AvgIpc) is 2.59. The largest absolute Gasteiger partial charge is 0.438 e. The molecule has 0 saturated heterocycles. The van der Waals surface area contributed by atoms with Gasteiger partial charge in [-0.15, -0.1) is 0 Å². The summed E-state index contributed by atoms with van der Waals surface area (Å²) in [6, 6.07) is 10.1. The normalized spacial score (nSPS) is 12.0. The number of nitrogens with zero attached hydrogens (tertiary/aromatic N) is 2. The zero-order chi connectivity index (χ0) is 22.1. The van der Waals surface area contributed by atoms with Crippen molar-refractivity contribution < 1.29 is 26.9 Å². The number of aryl methyl sites for hydroxylation is 1. The predicted molar refractivity (Wildman–Crippen MR) is 107 cm³/mol. The summed E-state index contributed by atoms with van der Waals surface area (Å²) in [5, 5.41) is 3.44. The van der Waals surface area contributed by atoms with Crippen LogP contribution in [0, 0.1) is 12.7 Å². The van der Waals surface area contributed by atoms with E-state index < -0.39 is 30.6 Å². The number of hydrogen-bond donors (Lipinski definition) is 1. The highest BCUT2D eigenvalue weighted by atomic mass is 31.2. The third-order valence-corrected chi connectivity index (χ3v) is 5.58. The van der Waals surface area contributed by atoms with Crippen LogP contribution in [0.15, 0.2) is 48.7 Å². The number of hydrogen-bond acceptors (Lipinski definition) is 5. The lowest BCUT2D eigenvalue weighted by molar-refractivity contribution is -0.139. The summed E-state index contributed by atoms with van der Waals surface area (Å²) < 4.78 is 71.0. The van der Waals surface area contributed by atoms with E-state index in [9.17, 15) is 22.1 Å². The molecule has 0 aliphatic heterocycles. The van der Waals surface area contributed by atoms with E-state index in [0.29, 0.717) is 22.8 Å². The molecule has 0 amide bonds. The molecule has 0 radical (unpaired) electrons. The number of nitrogens with one attached hydrogen (secondary N) is 1. The molecule has 0 fully saturated rings. The SMILES string of the molecule is Cc1cc(F)cc(Oc2nc(Nc3ccc(P(C)(C)=O)cc3)ncc2C(F)(F)F)c1. The molecule has 0 saturated carbocycles. The summed E-state index contributed by atoms with van der Waals surface area (Å²) >= 11 is 0. The maximum Gasteiger partial charge on any atom is 0.423 e. The highest BCUT2D eigenvalue weighted by Crippen LogP contribution is 2.38. The van der Waals surface area contributed by atoms with Crippen molar-refractivity contribution in [3.63, 3.8) is 0 Å². The van der Waals surface area contributed by atoms with Crippen molar-refractivity contribution in [2.45, 2.75) is 13.1 Å². The van der Waals surface area contributed by atoms with Crippen LogP contribution >= 0.6 is 7.14 Å². The van der Waals surface area contributed by atoms with Gasteiger partial charge in [-0.05, 0) is 62.2 Å². The Kier molecular flexibility index (Phi) is 5.85. The van der Waals surface area contributed by atoms with Crippen LogP contribution in [-0.4, -0.2) is 23.3 Å². The van der Waals surface area contributed by atoms with Gasteiger partial charge >= 0.3 is 6.18 Å². The van der Waals surface area contributed by atoms with Crippen LogP contribution in [0.3, 0.4) is 0 Å². The van der Waals surface area contributed by atoms with Crippen molar-refractivity contribution in [2.24, 2.45) is 0 Å². The number of halogens is 4. The van der Waals surface area contributed by atoms with Gasteiger partial charge in [0.05, 0.1) is 0 Å². The minimum Gasteiger partial charge on any atom is -0.438 e. The summed E-state index contributed by atoms with van der Waals surface area (Å²) in [5.41, 5.74) is -0.224. The van der Waals surface area contributed by atoms with Gasteiger partial charge in [0.15, 0.2) is 0 Å². The van der Waals surface area contributed by atoms with Crippen molar-refractivity contribution in [1.82, 2.24) is 9.97 Å². The van der Waals surface area contributed by atoms with Crippen LogP contribution in [0.4, 0.5) is 29.2 Å². The van der Waals surface area contributed by atoms with Gasteiger partial charge in [-0.2, -0.15) is 18.2 Å². The standard InChI is InChI=1S/C20H18F4N3O2P/c1-12-8-13(21)10-15(9-12)29-18-17(20(22,23)24)11-25-19(27-18)26-14-4-6-16(7-5-14)30(2,3)28/h4-11H,1-3H3,(H,25,26,27). The first kappa shape index (κ1) is 21.8. The smallest absolute Gasteiger partial charge is 0.423 e. The van der Waals surface area contributed by atoms with E-state index in [2.05, 4.69) is 15.3 Å². The van der Waals surface area contributed by atoms with Crippen molar-refractivity contribution in [3.05, 3.63) is 65.6 Å². The summed E-state index contributed by atoms with van der Waals surface area (Å²) in [4.78, 5) is 7.52. The maximum absolute atomic E-state index is 13.6. The first-order valence-electron chi connectivity index (χ1n) is 8.74. The second-order valence-electron chi connectivity index (χ2n) is 7.00. The number of benzene rings is 2. The lowest BCUT2D eigenvalue weighted by Crippen LogP contribution is -2.11. The number of rotatable bonds is 5. The van der Waals surface area contributed by atoms with Crippen LogP contribution in [0.2, 0.25) is 0 Å². The molecule has 0 aliphatic carbocycles. The second-order valence-corrected chi connectivity index (χ2v) is 10.2. The third-order valence-electron chi connectivity index (χ3n) is 4.03. The molecule has 30 heavy (non-hydrogen) atoms. The molecular weight excluding hydrogens is 421 g/mol. The van der Waals surface area contributed by atoms with Gasteiger partial charge in [0.2, 0.25) is 11.8 Å². The van der Waals surface area contributed by atoms with Crippen molar-refractivity contribution >= 4 is 24.1 Å². The lowest BCUT2D eigenvalue weighted by Gasteiger charge is -2.14. The molecule has 3 rings (SSSR count). The van der Waals surface area contributed by atoms with Gasteiger partial charge in [-0.1, -0.05) is 0 Å². The predicted octanol–water partition coefficient (Wildman–Crippen LogP) is 5.73. The Labute approximate surface area is 170 Å². The fourth-order valence-electron chi connectivity index (χ4n) is 2.60. The molecule has 158 valence electrons. The Morgan fingerprint density at radius 2 is 1.73 bits per heavy atom. The fourth-order valence-corrected chi connectivity index (χ4v) is 3.47. The van der Waals surface area contributed by atoms with Gasteiger partial charge in [-0.3, -0.25) is 0 Å². The maximum atomic E-state index is 13.6. The van der Waals surface area contributed by atoms with E-state index in [1.54, 1.807) is 44.5 Å². The molecule has 1 N–H and O–H groups in total. The summed E-state index contributed by atoms with van der Waals surface area (Å²) in [5.74, 6) is -1.66. The van der Waals surface area contributed by atoms with Gasteiger partial charge in [0.25, 0.3) is 0 Å². The highest BCUT2D eigenvalue weighted by Gasteiger charge is 2.36. The fraction of sp³-hybridized carbons (Fsp3) is 0.200. The molecule has 0 atom stereocenters. The first-order chi connectivity index (χ1) is 13.9. The summed E-state index contributed by atoms with van der Waals surface area (Å²) in [6.45, 7) is 4.85. The van der Waals surface area contributed by atoms with E-state index in [1.165, 1.54) is 12.1 Å². The first-order valence-corrected chi connectivity index (χ1v) is 11.3. The van der Waals surface area contributed by atoms with E-state index in [1.807, 2.05) is 0 Å². The molecule has 0 unspecified atom stereocenters. The molecule has 0 spiro atoms. The lowest BCUT2D eigenvalue weighted by atomic mass is 10.2. The number of anilines is 2. The monoisotopic (exact) mass is 439 g/mol. The quantitative estimate of drug-likeness (QED) is 0.407. The molecule has 1 aromatic heterocycles. The Bertz CT molecular complexity index is 1090. The topological polar surface area (TPSA) is 64.1 Å². The molecule has 1 heterocycles. The molecule has 2 aromatic carbocycles. The van der Waals surface area contributed by atoms with Crippen molar-refractivity contribution in [3.8, 4) is 11.6 Å². The molecule has 0 aliphatic rings. The highest BCUT2D eigenvalue weighted by molar-refractivity contribution is 7.70. The van der Waals surface area contributed by atoms with E-state index in [4.69, 9.17) is 4.74 Å². The third kappa shape index (κ3) is 5.36. The molecule has 5 nitrogen and oxygen atoms in total. The number of ether oxygens (including phenoxy) is 1. The minimum atomic E-state index is -4.76. The van der Waals surface area contributed by atoms with E-state index in [-0.39, 0.29) is 11.7 Å². The second kappa shape index (κ2) is 8.07. The van der Waals surface area contributed by atoms with Crippen molar-refractivity contribution in [1.29, 1.82) is 0 Å². The summed E-state index contributed by atoms with van der Waals surface area (Å²) in [6.07, 6.45) is -4.17. The average molecular weight is 439 g/mol. The van der Waals surface area contributed by atoms with Gasteiger partial charge in [-0.25, -0.2) is 9.37 Å². The van der Waals surface area contributed by atoms with Crippen LogP contribution in [0.1, 0.15) is 11.1 Å². The number of alkyl halides is 3. The van der Waals surface area contributed by atoms with Crippen LogP contribution in [0.5, 0.6) is 11.6 Å². The number of aromatic nitrogens is 2. The van der Waals surface area contributed by atoms with Crippen LogP contribution in [-0.2, 0) is 10.7 Å². The van der Waals surface area contributed by atoms with Gasteiger partial charge in [0.1, 0.15) is 24.3 Å². The van der Waals surface area contributed by atoms with E-state index in [0.717, 1.165) is 6.07 Å². The minimum absolute atomic E-state index is 0.117. The Morgan fingerprint density at radius 3 is 2.30 bits per heavy atom. The molecule has 0 bridgehead atoms. The molecule has 3 aromatic rings. The van der Waals surface area contributed by atoms with E-state index >= 15 is 0 Å². The van der Waals surface area contributed by atoms with Crippen LogP contribution < -0.4 is 15.4 Å². The Balaban J connectivity index is 1.93. The summed E-state index contributed by atoms with van der Waals surface area (Å²) in [7, 11) is -2.44. The molecule has 10 heteroatoms.